The summed E-state index contributed by atoms with van der Waals surface area (Å²) in [6.45, 7) is 0.698. The maximum atomic E-state index is 12.9. The molecule has 0 unspecified atom stereocenters. The minimum absolute atomic E-state index is 0.120. The van der Waals surface area contributed by atoms with Crippen molar-refractivity contribution >= 4 is 23.1 Å². The fourth-order valence-corrected chi connectivity index (χ4v) is 3.22. The van der Waals surface area contributed by atoms with Crippen molar-refractivity contribution in [2.75, 3.05) is 23.9 Å². The molecule has 3 aromatic rings. The van der Waals surface area contributed by atoms with E-state index < -0.39 is 0 Å². The second kappa shape index (κ2) is 7.45. The third-order valence-electron chi connectivity index (χ3n) is 4.60. The Hall–Kier alpha value is -3.41. The first-order valence-electron chi connectivity index (χ1n) is 8.89. The monoisotopic (exact) mass is 360 g/mol. The Morgan fingerprint density at radius 3 is 2.59 bits per heavy atom. The highest BCUT2D eigenvalue weighted by Gasteiger charge is 2.24. The topological polar surface area (TPSA) is 67.3 Å². The number of methoxy groups -OCH3 is 1. The first-order chi connectivity index (χ1) is 13.2. The summed E-state index contributed by atoms with van der Waals surface area (Å²) in [6, 6.07) is 19.0. The van der Waals surface area contributed by atoms with Gasteiger partial charge in [-0.2, -0.15) is 0 Å². The Bertz CT molecular complexity index is 939. The number of fused-ring (bicyclic) bond motifs is 1. The number of anilines is 3. The van der Waals surface area contributed by atoms with Crippen molar-refractivity contribution in [3.05, 3.63) is 71.9 Å². The molecule has 0 bridgehead atoms. The van der Waals surface area contributed by atoms with E-state index in [1.54, 1.807) is 24.1 Å². The van der Waals surface area contributed by atoms with Gasteiger partial charge in [0.05, 0.1) is 7.11 Å². The quantitative estimate of drug-likeness (QED) is 0.766. The van der Waals surface area contributed by atoms with Gasteiger partial charge in [0.2, 0.25) is 0 Å². The molecule has 0 atom stereocenters. The molecule has 0 saturated heterocycles. The van der Waals surface area contributed by atoms with Crippen LogP contribution in [0.15, 0.2) is 60.7 Å². The van der Waals surface area contributed by atoms with Gasteiger partial charge in [-0.05, 0) is 60.9 Å². The second-order valence-electron chi connectivity index (χ2n) is 6.35. The maximum absolute atomic E-state index is 12.9. The van der Waals surface area contributed by atoms with Crippen molar-refractivity contribution in [2.45, 2.75) is 12.8 Å². The molecule has 6 nitrogen and oxygen atoms in total. The SMILES string of the molecule is COc1ccc(Nc2ccc(C(=O)N3CCCc4ccccc43)nn2)cc1. The van der Waals surface area contributed by atoms with Crippen LogP contribution in [-0.4, -0.2) is 29.8 Å². The molecule has 0 radical (unpaired) electrons. The van der Waals surface area contributed by atoms with Crippen molar-refractivity contribution in [1.29, 1.82) is 0 Å². The Morgan fingerprint density at radius 2 is 1.85 bits per heavy atom. The number of benzene rings is 2. The lowest BCUT2D eigenvalue weighted by molar-refractivity contribution is 0.0979. The fourth-order valence-electron chi connectivity index (χ4n) is 3.22. The average Bonchev–Trinajstić information content (AvgIpc) is 2.74. The summed E-state index contributed by atoms with van der Waals surface area (Å²) in [7, 11) is 1.63. The van der Waals surface area contributed by atoms with Crippen molar-refractivity contribution in [3.8, 4) is 5.75 Å². The van der Waals surface area contributed by atoms with Crippen LogP contribution in [0, 0.1) is 0 Å². The van der Waals surface area contributed by atoms with Gasteiger partial charge < -0.3 is 15.0 Å². The Kier molecular flexibility index (Phi) is 4.70. The van der Waals surface area contributed by atoms with Gasteiger partial charge >= 0.3 is 0 Å². The smallest absolute Gasteiger partial charge is 0.278 e. The number of aryl methyl sites for hydroxylation is 1. The molecule has 1 aliphatic rings. The first kappa shape index (κ1) is 17.0. The number of ether oxygens (including phenoxy) is 1. The number of amides is 1. The molecule has 1 amide bonds. The molecule has 2 heterocycles. The molecule has 4 rings (SSSR count). The zero-order chi connectivity index (χ0) is 18.6. The van der Waals surface area contributed by atoms with Crippen molar-refractivity contribution < 1.29 is 9.53 Å². The van der Waals surface area contributed by atoms with Crippen molar-refractivity contribution in [1.82, 2.24) is 10.2 Å². The molecule has 1 aliphatic heterocycles. The molecule has 27 heavy (non-hydrogen) atoms. The molecule has 1 aromatic heterocycles. The van der Waals surface area contributed by atoms with E-state index in [0.29, 0.717) is 18.1 Å². The molecule has 0 aliphatic carbocycles. The molecule has 1 N–H and O–H groups in total. The molecule has 0 fully saturated rings. The molecular formula is C21H20N4O2. The van der Waals surface area contributed by atoms with Crippen LogP contribution in [-0.2, 0) is 6.42 Å². The largest absolute Gasteiger partial charge is 0.497 e. The van der Waals surface area contributed by atoms with Crippen LogP contribution in [0.1, 0.15) is 22.5 Å². The van der Waals surface area contributed by atoms with E-state index in [1.165, 1.54) is 5.56 Å². The van der Waals surface area contributed by atoms with E-state index in [2.05, 4.69) is 21.6 Å². The zero-order valence-corrected chi connectivity index (χ0v) is 15.1. The van der Waals surface area contributed by atoms with E-state index in [1.807, 2.05) is 42.5 Å². The number of carbonyl (C=O) groups is 1. The van der Waals surface area contributed by atoms with E-state index >= 15 is 0 Å². The predicted molar refractivity (Wildman–Crippen MR) is 105 cm³/mol. The standard InChI is InChI=1S/C21H20N4O2/c1-27-17-10-8-16(9-11-17)22-20-13-12-18(23-24-20)21(26)25-14-4-6-15-5-2-3-7-19(15)25/h2-3,5,7-13H,4,6,14H2,1H3,(H,22,24). The van der Waals surface area contributed by atoms with Crippen molar-refractivity contribution in [3.63, 3.8) is 0 Å². The number of rotatable bonds is 4. The van der Waals surface area contributed by atoms with Crippen LogP contribution in [0.25, 0.3) is 0 Å². The lowest BCUT2D eigenvalue weighted by Gasteiger charge is -2.29. The molecular weight excluding hydrogens is 340 g/mol. The third-order valence-corrected chi connectivity index (χ3v) is 4.60. The van der Waals surface area contributed by atoms with Gasteiger partial charge in [-0.15, -0.1) is 10.2 Å². The Balaban J connectivity index is 1.49. The van der Waals surface area contributed by atoms with Gasteiger partial charge in [-0.25, -0.2) is 0 Å². The minimum atomic E-state index is -0.120. The summed E-state index contributed by atoms with van der Waals surface area (Å²) in [6.07, 6.45) is 1.95. The predicted octanol–water partition coefficient (Wildman–Crippen LogP) is 3.82. The summed E-state index contributed by atoms with van der Waals surface area (Å²) in [5.41, 5.74) is 3.37. The number of para-hydroxylation sites is 1. The average molecular weight is 360 g/mol. The summed E-state index contributed by atoms with van der Waals surface area (Å²) in [5.74, 6) is 1.25. The van der Waals surface area contributed by atoms with Gasteiger partial charge in [0.25, 0.3) is 5.91 Å². The number of carbonyl (C=O) groups excluding carboxylic acids is 1. The highest BCUT2D eigenvalue weighted by Crippen LogP contribution is 2.28. The van der Waals surface area contributed by atoms with E-state index in [-0.39, 0.29) is 5.91 Å². The van der Waals surface area contributed by atoms with Crippen LogP contribution < -0.4 is 15.0 Å². The number of nitrogens with one attached hydrogen (secondary N) is 1. The number of hydrogen-bond donors (Lipinski definition) is 1. The highest BCUT2D eigenvalue weighted by molar-refractivity contribution is 6.05. The summed E-state index contributed by atoms with van der Waals surface area (Å²) >= 11 is 0. The Morgan fingerprint density at radius 1 is 1.04 bits per heavy atom. The lowest BCUT2D eigenvalue weighted by Crippen LogP contribution is -2.36. The molecule has 0 saturated carbocycles. The zero-order valence-electron chi connectivity index (χ0n) is 15.1. The van der Waals surface area contributed by atoms with E-state index in [0.717, 1.165) is 30.0 Å². The van der Waals surface area contributed by atoms with Crippen LogP contribution in [0.3, 0.4) is 0 Å². The van der Waals surface area contributed by atoms with Crippen LogP contribution >= 0.6 is 0 Å². The summed E-state index contributed by atoms with van der Waals surface area (Å²) < 4.78 is 5.15. The van der Waals surface area contributed by atoms with Crippen molar-refractivity contribution in [2.24, 2.45) is 0 Å². The first-order valence-corrected chi connectivity index (χ1v) is 8.89. The van der Waals surface area contributed by atoms with Crippen LogP contribution in [0.4, 0.5) is 17.2 Å². The molecule has 6 heteroatoms. The minimum Gasteiger partial charge on any atom is -0.497 e. The van der Waals surface area contributed by atoms with Crippen LogP contribution in [0.2, 0.25) is 0 Å². The highest BCUT2D eigenvalue weighted by atomic mass is 16.5. The van der Waals surface area contributed by atoms with E-state index in [9.17, 15) is 4.79 Å². The van der Waals surface area contributed by atoms with Crippen LogP contribution in [0.5, 0.6) is 5.75 Å². The number of nitrogens with zero attached hydrogens (tertiary/aromatic N) is 3. The summed E-state index contributed by atoms with van der Waals surface area (Å²) in [4.78, 5) is 14.7. The van der Waals surface area contributed by atoms with Gasteiger partial charge in [-0.3, -0.25) is 4.79 Å². The normalized spacial score (nSPS) is 13.0. The molecule has 2 aromatic carbocycles. The fraction of sp³-hybridized carbons (Fsp3) is 0.190. The molecule has 0 spiro atoms. The Labute approximate surface area is 157 Å². The van der Waals surface area contributed by atoms with Gasteiger partial charge in [0, 0.05) is 17.9 Å². The lowest BCUT2D eigenvalue weighted by atomic mass is 10.0. The summed E-state index contributed by atoms with van der Waals surface area (Å²) in [5, 5.41) is 11.4. The molecule has 136 valence electrons. The van der Waals surface area contributed by atoms with Gasteiger partial charge in [-0.1, -0.05) is 18.2 Å². The maximum Gasteiger partial charge on any atom is 0.278 e. The van der Waals surface area contributed by atoms with Gasteiger partial charge in [0.1, 0.15) is 5.75 Å². The third kappa shape index (κ3) is 3.60. The second-order valence-corrected chi connectivity index (χ2v) is 6.35. The number of aromatic nitrogens is 2. The van der Waals surface area contributed by atoms with E-state index in [4.69, 9.17) is 4.74 Å². The number of hydrogen-bond acceptors (Lipinski definition) is 5. The van der Waals surface area contributed by atoms with Gasteiger partial charge in [0.15, 0.2) is 11.5 Å².